The van der Waals surface area contributed by atoms with Crippen molar-refractivity contribution >= 4 is 13.4 Å². The highest BCUT2D eigenvalue weighted by atomic mass is 31.2. The van der Waals surface area contributed by atoms with Crippen LogP contribution in [0.2, 0.25) is 0 Å². The smallest absolute Gasteiger partial charge is 0.363 e. The standard InChI is InChI=1S/C25H34FO8P/c1-5-9-20-22(13-11-19(17(4)27)24(20)28)31-14-8-15-32-23-12-10-18(16-21(23)26)25(29)35(30,33-6-2)34-7-3/h10-13,16,25,28-29H,5-9,14-15H2,1-4H3. The lowest BCUT2D eigenvalue weighted by Gasteiger charge is -2.22. The van der Waals surface area contributed by atoms with Crippen molar-refractivity contribution in [3.05, 3.63) is 52.8 Å². The summed E-state index contributed by atoms with van der Waals surface area (Å²) < 4.78 is 48.7. The van der Waals surface area contributed by atoms with Crippen molar-refractivity contribution in [2.75, 3.05) is 26.4 Å². The molecule has 0 amide bonds. The second-order valence-corrected chi connectivity index (χ2v) is 9.82. The van der Waals surface area contributed by atoms with Crippen molar-refractivity contribution in [2.45, 2.75) is 52.8 Å². The number of carbonyl (C=O) groups excluding carboxylic acids is 1. The van der Waals surface area contributed by atoms with Crippen molar-refractivity contribution in [1.82, 2.24) is 0 Å². The third kappa shape index (κ3) is 7.51. The predicted molar refractivity (Wildman–Crippen MR) is 130 cm³/mol. The minimum Gasteiger partial charge on any atom is -0.507 e. The molecule has 10 heteroatoms. The fraction of sp³-hybridized carbons (Fsp3) is 0.480. The molecule has 1 unspecified atom stereocenters. The van der Waals surface area contributed by atoms with Crippen molar-refractivity contribution < 1.29 is 42.5 Å². The molecule has 1 atom stereocenters. The van der Waals surface area contributed by atoms with Gasteiger partial charge in [0.2, 0.25) is 0 Å². The SMILES string of the molecule is CCCc1c(OCCCOc2ccc(C(O)P(=O)(OCC)OCC)cc2F)ccc(C(C)=O)c1O. The second kappa shape index (κ2) is 13.6. The number of ketones is 1. The van der Waals surface area contributed by atoms with Crippen LogP contribution in [0, 0.1) is 5.82 Å². The Kier molecular flexibility index (Phi) is 11.2. The zero-order valence-electron chi connectivity index (χ0n) is 20.6. The van der Waals surface area contributed by atoms with Crippen LogP contribution in [0.5, 0.6) is 17.2 Å². The maximum Gasteiger partial charge on any atom is 0.363 e. The van der Waals surface area contributed by atoms with Crippen LogP contribution < -0.4 is 9.47 Å². The zero-order chi connectivity index (χ0) is 26.0. The number of halogens is 1. The molecule has 0 heterocycles. The summed E-state index contributed by atoms with van der Waals surface area (Å²) in [6.45, 7) is 7.13. The molecule has 0 radical (unpaired) electrons. The van der Waals surface area contributed by atoms with Crippen molar-refractivity contribution in [1.29, 1.82) is 0 Å². The molecule has 0 aliphatic rings. The average Bonchev–Trinajstić information content (AvgIpc) is 2.81. The van der Waals surface area contributed by atoms with E-state index < -0.39 is 19.3 Å². The summed E-state index contributed by atoms with van der Waals surface area (Å²) in [5.74, 6) is -2.17. The monoisotopic (exact) mass is 512 g/mol. The third-order valence-electron chi connectivity index (χ3n) is 5.09. The Bertz CT molecular complexity index is 1030. The number of aliphatic hydroxyl groups is 1. The molecular formula is C25H34FO8P. The van der Waals surface area contributed by atoms with Crippen LogP contribution in [0.15, 0.2) is 30.3 Å². The number of rotatable bonds is 15. The molecule has 0 fully saturated rings. The number of benzene rings is 2. The molecule has 2 aromatic carbocycles. The summed E-state index contributed by atoms with van der Waals surface area (Å²) in [6.07, 6.45) is 1.75. The predicted octanol–water partition coefficient (Wildman–Crippen LogP) is 5.79. The average molecular weight is 513 g/mol. The van der Waals surface area contributed by atoms with Gasteiger partial charge in [-0.15, -0.1) is 0 Å². The van der Waals surface area contributed by atoms with E-state index in [9.17, 15) is 24.0 Å². The Balaban J connectivity index is 1.96. The largest absolute Gasteiger partial charge is 0.507 e. The van der Waals surface area contributed by atoms with E-state index in [0.29, 0.717) is 24.2 Å². The molecule has 0 spiro atoms. The number of phenolic OH excluding ortho intramolecular Hbond substituents is 1. The maximum atomic E-state index is 14.5. The van der Waals surface area contributed by atoms with Gasteiger partial charge in [-0.25, -0.2) is 4.39 Å². The molecule has 2 rings (SSSR count). The summed E-state index contributed by atoms with van der Waals surface area (Å²) in [5.41, 5.74) is 0.894. The fourth-order valence-corrected chi connectivity index (χ4v) is 5.07. The van der Waals surface area contributed by atoms with Crippen LogP contribution in [-0.2, 0) is 20.0 Å². The van der Waals surface area contributed by atoms with Gasteiger partial charge in [0.1, 0.15) is 11.5 Å². The summed E-state index contributed by atoms with van der Waals surface area (Å²) in [7, 11) is -3.85. The lowest BCUT2D eigenvalue weighted by atomic mass is 10.0. The van der Waals surface area contributed by atoms with Gasteiger partial charge in [-0.1, -0.05) is 19.4 Å². The molecule has 2 aromatic rings. The van der Waals surface area contributed by atoms with Gasteiger partial charge in [-0.05, 0) is 57.0 Å². The number of aromatic hydroxyl groups is 1. The number of phenols is 1. The first kappa shape index (κ1) is 28.8. The highest BCUT2D eigenvalue weighted by Gasteiger charge is 2.35. The highest BCUT2D eigenvalue weighted by Crippen LogP contribution is 2.59. The Morgan fingerprint density at radius 3 is 2.17 bits per heavy atom. The van der Waals surface area contributed by atoms with E-state index in [1.54, 1.807) is 19.9 Å². The summed E-state index contributed by atoms with van der Waals surface area (Å²) in [5, 5.41) is 20.8. The molecule has 0 saturated carbocycles. The van der Waals surface area contributed by atoms with Gasteiger partial charge in [0.25, 0.3) is 0 Å². The van der Waals surface area contributed by atoms with Gasteiger partial charge >= 0.3 is 7.60 Å². The molecule has 2 N–H and O–H groups in total. The molecule has 194 valence electrons. The molecule has 0 bridgehead atoms. The second-order valence-electron chi connectivity index (χ2n) is 7.73. The summed E-state index contributed by atoms with van der Waals surface area (Å²) in [6, 6.07) is 6.98. The Morgan fingerprint density at radius 1 is 1.03 bits per heavy atom. The number of ether oxygens (including phenoxy) is 2. The van der Waals surface area contributed by atoms with Gasteiger partial charge in [0, 0.05) is 12.0 Å². The topological polar surface area (TPSA) is 112 Å². The minimum absolute atomic E-state index is 0.0290. The van der Waals surface area contributed by atoms with E-state index in [2.05, 4.69) is 0 Å². The number of carbonyl (C=O) groups is 1. The molecule has 8 nitrogen and oxygen atoms in total. The molecule has 0 aliphatic heterocycles. The van der Waals surface area contributed by atoms with Gasteiger partial charge in [-0.3, -0.25) is 9.36 Å². The van der Waals surface area contributed by atoms with Crippen LogP contribution in [-0.4, -0.2) is 42.4 Å². The lowest BCUT2D eigenvalue weighted by molar-refractivity contribution is 0.101. The van der Waals surface area contributed by atoms with Gasteiger partial charge in [-0.2, -0.15) is 0 Å². The first-order valence-electron chi connectivity index (χ1n) is 11.7. The Hall–Kier alpha value is -2.45. The van der Waals surface area contributed by atoms with Gasteiger partial charge < -0.3 is 28.7 Å². The van der Waals surface area contributed by atoms with Crippen LogP contribution in [0.1, 0.15) is 67.9 Å². The number of hydrogen-bond donors (Lipinski definition) is 2. The Labute approximate surface area is 205 Å². The van der Waals surface area contributed by atoms with Crippen LogP contribution in [0.25, 0.3) is 0 Å². The highest BCUT2D eigenvalue weighted by molar-refractivity contribution is 7.54. The van der Waals surface area contributed by atoms with Crippen LogP contribution in [0.3, 0.4) is 0 Å². The molecule has 0 saturated heterocycles. The lowest BCUT2D eigenvalue weighted by Crippen LogP contribution is -2.09. The molecule has 0 aliphatic carbocycles. The molecular weight excluding hydrogens is 478 g/mol. The van der Waals surface area contributed by atoms with E-state index >= 15 is 0 Å². The molecule has 35 heavy (non-hydrogen) atoms. The zero-order valence-corrected chi connectivity index (χ0v) is 21.5. The van der Waals surface area contributed by atoms with Gasteiger partial charge in [0.05, 0.1) is 32.0 Å². The van der Waals surface area contributed by atoms with Crippen molar-refractivity contribution in [3.63, 3.8) is 0 Å². The van der Waals surface area contributed by atoms with E-state index in [1.165, 1.54) is 25.1 Å². The van der Waals surface area contributed by atoms with Crippen molar-refractivity contribution in [3.8, 4) is 17.2 Å². The van der Waals surface area contributed by atoms with E-state index in [1.807, 2.05) is 6.92 Å². The third-order valence-corrected chi connectivity index (χ3v) is 7.23. The normalized spacial score (nSPS) is 12.4. The summed E-state index contributed by atoms with van der Waals surface area (Å²) in [4.78, 5) is 11.7. The maximum absolute atomic E-state index is 14.5. The number of hydrogen-bond acceptors (Lipinski definition) is 8. The molecule has 0 aromatic heterocycles. The summed E-state index contributed by atoms with van der Waals surface area (Å²) >= 11 is 0. The minimum atomic E-state index is -3.85. The van der Waals surface area contributed by atoms with Gasteiger partial charge in [0.15, 0.2) is 23.2 Å². The first-order valence-corrected chi connectivity index (χ1v) is 13.3. The van der Waals surface area contributed by atoms with Crippen LogP contribution in [0.4, 0.5) is 4.39 Å². The van der Waals surface area contributed by atoms with Crippen LogP contribution >= 0.6 is 7.60 Å². The fourth-order valence-electron chi connectivity index (χ4n) is 3.47. The number of aliphatic hydroxyl groups excluding tert-OH is 1. The van der Waals surface area contributed by atoms with Crippen molar-refractivity contribution in [2.24, 2.45) is 0 Å². The quantitative estimate of drug-likeness (QED) is 0.175. The van der Waals surface area contributed by atoms with E-state index in [0.717, 1.165) is 12.5 Å². The first-order chi connectivity index (χ1) is 16.7. The number of Topliss-reactive ketones (excluding diaryl/α,β-unsaturated/α-hetero) is 1. The van der Waals surface area contributed by atoms with E-state index in [-0.39, 0.29) is 54.8 Å². The van der Waals surface area contributed by atoms with E-state index in [4.69, 9.17) is 18.5 Å². The Morgan fingerprint density at radius 2 is 1.63 bits per heavy atom.